The topological polar surface area (TPSA) is 75.2 Å². The lowest BCUT2D eigenvalue weighted by atomic mass is 10.1. The molecule has 20 heavy (non-hydrogen) atoms. The van der Waals surface area contributed by atoms with Crippen molar-refractivity contribution in [1.29, 1.82) is 5.41 Å². The third-order valence-electron chi connectivity index (χ3n) is 4.04. The number of anilines is 1. The summed E-state index contributed by atoms with van der Waals surface area (Å²) >= 11 is 0. The lowest BCUT2D eigenvalue weighted by Gasteiger charge is -2.37. The first-order valence-electron chi connectivity index (χ1n) is 7.32. The Balaban J connectivity index is 2.01. The van der Waals surface area contributed by atoms with Gasteiger partial charge in [-0.3, -0.25) is 5.41 Å². The smallest absolute Gasteiger partial charge is 0.140 e. The number of ether oxygens (including phenoxy) is 1. The van der Waals surface area contributed by atoms with E-state index in [1.54, 1.807) is 0 Å². The Labute approximate surface area is 119 Å². The van der Waals surface area contributed by atoms with E-state index in [0.29, 0.717) is 0 Å². The number of amidine groups is 1. The molecule has 0 bridgehead atoms. The summed E-state index contributed by atoms with van der Waals surface area (Å²) in [6, 6.07) is 2.07. The molecule has 0 aromatic carbocycles. The van der Waals surface area contributed by atoms with E-state index in [9.17, 15) is 0 Å². The highest BCUT2D eigenvalue weighted by Crippen LogP contribution is 2.28. The molecule has 5 nitrogen and oxygen atoms in total. The molecular formula is C15H22N4O. The zero-order valence-corrected chi connectivity index (χ0v) is 12.1. The number of hydrogen-bond acceptors (Lipinski definition) is 4. The normalized spacial score (nSPS) is 25.6. The van der Waals surface area contributed by atoms with Crippen molar-refractivity contribution >= 4 is 11.7 Å². The lowest BCUT2D eigenvalue weighted by molar-refractivity contribution is -0.00547. The number of nitrogens with two attached hydrogens (primary N) is 1. The van der Waals surface area contributed by atoms with Crippen LogP contribution in [0.25, 0.3) is 0 Å². The number of hydrogen-bond donors (Lipinski definition) is 2. The Morgan fingerprint density at radius 1 is 1.35 bits per heavy atom. The Morgan fingerprint density at radius 3 is 2.70 bits per heavy atom. The molecule has 0 amide bonds. The van der Waals surface area contributed by atoms with Gasteiger partial charge in [0.05, 0.1) is 17.8 Å². The molecule has 5 heteroatoms. The molecule has 1 saturated heterocycles. The van der Waals surface area contributed by atoms with Crippen LogP contribution in [0.1, 0.15) is 37.1 Å². The molecule has 1 aromatic heterocycles. The second kappa shape index (κ2) is 5.05. The first-order chi connectivity index (χ1) is 9.54. The maximum Gasteiger partial charge on any atom is 0.140 e. The van der Waals surface area contributed by atoms with Gasteiger partial charge in [0, 0.05) is 18.8 Å². The van der Waals surface area contributed by atoms with Crippen LogP contribution in [0.4, 0.5) is 5.82 Å². The lowest BCUT2D eigenvalue weighted by Crippen LogP contribution is -2.46. The third kappa shape index (κ3) is 2.38. The van der Waals surface area contributed by atoms with Crippen LogP contribution in [-0.2, 0) is 17.6 Å². The summed E-state index contributed by atoms with van der Waals surface area (Å²) in [5, 5.41) is 7.84. The largest absolute Gasteiger partial charge is 0.384 e. The summed E-state index contributed by atoms with van der Waals surface area (Å²) in [5.74, 6) is 0.967. The van der Waals surface area contributed by atoms with Gasteiger partial charge in [0.2, 0.25) is 0 Å². The molecule has 2 heterocycles. The van der Waals surface area contributed by atoms with Gasteiger partial charge < -0.3 is 15.4 Å². The molecule has 2 atom stereocenters. The summed E-state index contributed by atoms with van der Waals surface area (Å²) in [5.41, 5.74) is 8.98. The fourth-order valence-electron chi connectivity index (χ4n) is 3.25. The molecule has 1 fully saturated rings. The van der Waals surface area contributed by atoms with Crippen molar-refractivity contribution in [2.75, 3.05) is 18.0 Å². The fraction of sp³-hybridized carbons (Fsp3) is 0.600. The molecule has 2 unspecified atom stereocenters. The van der Waals surface area contributed by atoms with Gasteiger partial charge in [-0.1, -0.05) is 0 Å². The highest BCUT2D eigenvalue weighted by molar-refractivity contribution is 6.00. The average Bonchev–Trinajstić information content (AvgIpc) is 2.83. The Hall–Kier alpha value is -1.62. The summed E-state index contributed by atoms with van der Waals surface area (Å²) < 4.78 is 5.78. The standard InChI is InChI=1S/C15H22N4O/c1-9-7-19(8-10(2)20-9)15-12(14(16)17)6-11-4-3-5-13(11)18-15/h6,9-10H,3-5,7-8H2,1-2H3,(H3,16,17). The molecule has 108 valence electrons. The third-order valence-corrected chi connectivity index (χ3v) is 4.04. The van der Waals surface area contributed by atoms with Gasteiger partial charge in [0.25, 0.3) is 0 Å². The van der Waals surface area contributed by atoms with Gasteiger partial charge in [-0.2, -0.15) is 0 Å². The Morgan fingerprint density at radius 2 is 2.05 bits per heavy atom. The van der Waals surface area contributed by atoms with Gasteiger partial charge in [-0.25, -0.2) is 4.98 Å². The zero-order valence-electron chi connectivity index (χ0n) is 12.1. The molecule has 1 aliphatic carbocycles. The van der Waals surface area contributed by atoms with E-state index in [0.717, 1.165) is 43.7 Å². The molecule has 0 radical (unpaired) electrons. The van der Waals surface area contributed by atoms with Crippen LogP contribution in [0, 0.1) is 5.41 Å². The van der Waals surface area contributed by atoms with E-state index in [1.807, 2.05) is 0 Å². The monoisotopic (exact) mass is 274 g/mol. The molecule has 3 rings (SSSR count). The summed E-state index contributed by atoms with van der Waals surface area (Å²) in [7, 11) is 0. The van der Waals surface area contributed by atoms with Crippen LogP contribution < -0.4 is 10.6 Å². The van der Waals surface area contributed by atoms with E-state index in [-0.39, 0.29) is 18.0 Å². The quantitative estimate of drug-likeness (QED) is 0.632. The predicted molar refractivity (Wildman–Crippen MR) is 79.5 cm³/mol. The molecule has 2 aliphatic rings. The van der Waals surface area contributed by atoms with Gasteiger partial charge in [-0.15, -0.1) is 0 Å². The number of morpholine rings is 1. The van der Waals surface area contributed by atoms with E-state index in [4.69, 9.17) is 20.9 Å². The average molecular weight is 274 g/mol. The molecule has 0 saturated carbocycles. The van der Waals surface area contributed by atoms with E-state index < -0.39 is 0 Å². The molecular weight excluding hydrogens is 252 g/mol. The van der Waals surface area contributed by atoms with Gasteiger partial charge in [0.15, 0.2) is 0 Å². The molecule has 1 aliphatic heterocycles. The molecule has 0 spiro atoms. The number of nitrogens with one attached hydrogen (secondary N) is 1. The maximum atomic E-state index is 7.84. The Bertz CT molecular complexity index is 533. The Kier molecular flexibility index (Phi) is 3.38. The summed E-state index contributed by atoms with van der Waals surface area (Å²) in [6.45, 7) is 5.75. The van der Waals surface area contributed by atoms with Crippen LogP contribution in [-0.4, -0.2) is 36.1 Å². The van der Waals surface area contributed by atoms with Crippen molar-refractivity contribution in [1.82, 2.24) is 4.98 Å². The maximum absolute atomic E-state index is 7.84. The van der Waals surface area contributed by atoms with Crippen molar-refractivity contribution in [2.45, 2.75) is 45.3 Å². The highest BCUT2D eigenvalue weighted by atomic mass is 16.5. The number of aromatic nitrogens is 1. The van der Waals surface area contributed by atoms with Gasteiger partial charge >= 0.3 is 0 Å². The van der Waals surface area contributed by atoms with Crippen molar-refractivity contribution < 1.29 is 4.74 Å². The van der Waals surface area contributed by atoms with Crippen LogP contribution in [0.5, 0.6) is 0 Å². The van der Waals surface area contributed by atoms with Crippen LogP contribution in [0.15, 0.2) is 6.07 Å². The number of aryl methyl sites for hydroxylation is 2. The SMILES string of the molecule is CC1CN(c2nc3c(cc2C(=N)N)CCC3)CC(C)O1. The minimum absolute atomic E-state index is 0.106. The minimum atomic E-state index is 0.106. The van der Waals surface area contributed by atoms with Gasteiger partial charge in [0.1, 0.15) is 11.7 Å². The van der Waals surface area contributed by atoms with Gasteiger partial charge in [-0.05, 0) is 44.7 Å². The van der Waals surface area contributed by atoms with Crippen molar-refractivity contribution in [3.05, 3.63) is 22.9 Å². The predicted octanol–water partition coefficient (Wildman–Crippen LogP) is 1.47. The van der Waals surface area contributed by atoms with Crippen molar-refractivity contribution in [3.63, 3.8) is 0 Å². The summed E-state index contributed by atoms with van der Waals surface area (Å²) in [4.78, 5) is 7.03. The van der Waals surface area contributed by atoms with E-state index in [1.165, 1.54) is 11.3 Å². The molecule has 1 aromatic rings. The number of nitrogen functional groups attached to an aromatic ring is 1. The first kappa shape index (κ1) is 13.4. The summed E-state index contributed by atoms with van der Waals surface area (Å²) in [6.07, 6.45) is 3.59. The highest BCUT2D eigenvalue weighted by Gasteiger charge is 2.27. The van der Waals surface area contributed by atoms with E-state index in [2.05, 4.69) is 24.8 Å². The van der Waals surface area contributed by atoms with Crippen LogP contribution in [0.3, 0.4) is 0 Å². The zero-order chi connectivity index (χ0) is 14.3. The van der Waals surface area contributed by atoms with Crippen LogP contribution in [0.2, 0.25) is 0 Å². The number of fused-ring (bicyclic) bond motifs is 1. The fourth-order valence-corrected chi connectivity index (χ4v) is 3.25. The molecule has 3 N–H and O–H groups in total. The number of pyridine rings is 1. The first-order valence-corrected chi connectivity index (χ1v) is 7.32. The second-order valence-electron chi connectivity index (χ2n) is 5.89. The number of nitrogens with zero attached hydrogens (tertiary/aromatic N) is 2. The van der Waals surface area contributed by atoms with E-state index >= 15 is 0 Å². The van der Waals surface area contributed by atoms with Crippen molar-refractivity contribution in [2.24, 2.45) is 5.73 Å². The van der Waals surface area contributed by atoms with Crippen LogP contribution >= 0.6 is 0 Å². The minimum Gasteiger partial charge on any atom is -0.384 e. The second-order valence-corrected chi connectivity index (χ2v) is 5.89. The number of rotatable bonds is 2. The van der Waals surface area contributed by atoms with Crippen molar-refractivity contribution in [3.8, 4) is 0 Å².